The zero-order valence-electron chi connectivity index (χ0n) is 33.2. The fourth-order valence-electron chi connectivity index (χ4n) is 3.45. The van der Waals surface area contributed by atoms with E-state index < -0.39 is 182 Å². The first-order valence-electron chi connectivity index (χ1n) is 15.6. The van der Waals surface area contributed by atoms with E-state index in [1.807, 2.05) is 0 Å². The van der Waals surface area contributed by atoms with Crippen molar-refractivity contribution in [1.29, 1.82) is 0 Å². The summed E-state index contributed by atoms with van der Waals surface area (Å²) in [6, 6.07) is 0. The first kappa shape index (κ1) is 79.1. The van der Waals surface area contributed by atoms with Crippen LogP contribution < -0.4 is 61.3 Å². The summed E-state index contributed by atoms with van der Waals surface area (Å²) < 4.78 is 0. The van der Waals surface area contributed by atoms with Crippen LogP contribution in [-0.4, -0.2) is 158 Å². The first-order valence-corrected chi connectivity index (χ1v) is 15.6. The molecule has 0 aliphatic heterocycles. The molecule has 0 rings (SSSR count). The van der Waals surface area contributed by atoms with Gasteiger partial charge in [-0.05, 0) is 0 Å². The van der Waals surface area contributed by atoms with E-state index in [1.54, 1.807) is 0 Å². The zero-order valence-corrected chi connectivity index (χ0v) is 37.9. The molecule has 370 valence electrons. The summed E-state index contributed by atoms with van der Waals surface area (Å²) >= 11 is 0. The van der Waals surface area contributed by atoms with Gasteiger partial charge in [0.05, 0.1) is 36.7 Å². The number of hydrogen-bond acceptors (Lipinski definition) is 32. The van der Waals surface area contributed by atoms with Crippen molar-refractivity contribution in [3.8, 4) is 0 Å². The Morgan fingerprint density at radius 1 is 0.250 bits per heavy atom. The van der Waals surface area contributed by atoms with E-state index in [0.717, 1.165) is 0 Å². The minimum absolute atomic E-state index is 0. The summed E-state index contributed by atoms with van der Waals surface area (Å²) in [5.41, 5.74) is -14.6. The van der Waals surface area contributed by atoms with Crippen LogP contribution in [-0.2, 0) is 137 Å². The number of carbonyl (C=O) groups is 15. The van der Waals surface area contributed by atoms with Crippen LogP contribution in [0, 0.1) is 0 Å². The van der Waals surface area contributed by atoms with E-state index in [4.69, 9.17) is 40.9 Å². The van der Waals surface area contributed by atoms with Gasteiger partial charge >= 0.3 is 83.1 Å². The molecule has 0 spiro atoms. The van der Waals surface area contributed by atoms with Gasteiger partial charge in [0.15, 0.2) is 5.60 Å². The van der Waals surface area contributed by atoms with Gasteiger partial charge in [0.2, 0.25) is 0 Å². The summed E-state index contributed by atoms with van der Waals surface area (Å²) in [6.07, 6.45) is -13.2. The zero-order chi connectivity index (χ0) is 53.2. The minimum atomic E-state index is -2.97. The predicted molar refractivity (Wildman–Crippen MR) is 154 cm³/mol. The SMILES string of the molecule is O=C(O)CC(O)(CC(=O)O)C(=O)O.O=C([O-])CC(O)(CC(=O)[O-])C(=O)[O-].O=C([O-])CC(O)(CC(=O)[O-])C(=O)[O-].O=C([O-])CC(O)(CC(=O)[O-])C(=O)[O-].O=C([O-])CC(O)(CC(=O)[O-])C(=O)[O-].[Ti+4].[Ti+4].[Ti+4]. The van der Waals surface area contributed by atoms with E-state index in [9.17, 15) is 133 Å². The Kier molecular flexibility index (Phi) is 40.9. The van der Waals surface area contributed by atoms with E-state index in [0.29, 0.717) is 0 Å². The number of carboxylic acid groups (broad SMARTS) is 15. The molecule has 0 saturated carbocycles. The van der Waals surface area contributed by atoms with E-state index in [-0.39, 0.29) is 65.2 Å². The van der Waals surface area contributed by atoms with Gasteiger partial charge in [-0.3, -0.25) is 9.59 Å². The Morgan fingerprint density at radius 2 is 0.368 bits per heavy atom. The molecule has 0 fully saturated rings. The van der Waals surface area contributed by atoms with Crippen LogP contribution in [0.5, 0.6) is 0 Å². The molecular weight excluding hydrogens is 1060 g/mol. The van der Waals surface area contributed by atoms with Gasteiger partial charge in [0.25, 0.3) is 0 Å². The second-order valence-electron chi connectivity index (χ2n) is 12.1. The molecule has 38 heteroatoms. The van der Waals surface area contributed by atoms with Gasteiger partial charge in [-0.15, -0.1) is 0 Å². The maximum absolute atomic E-state index is 10.3. The van der Waals surface area contributed by atoms with Crippen molar-refractivity contribution in [3.05, 3.63) is 0 Å². The number of carbonyl (C=O) groups excluding carboxylic acids is 12. The molecule has 68 heavy (non-hydrogen) atoms. The summed E-state index contributed by atoms with van der Waals surface area (Å²) in [6.45, 7) is 0. The fraction of sp³-hybridized carbons (Fsp3) is 0.500. The Balaban J connectivity index is -0.000000109. The number of aliphatic hydroxyl groups is 5. The quantitative estimate of drug-likeness (QED) is 0.0394. The van der Waals surface area contributed by atoms with Crippen molar-refractivity contribution in [2.45, 2.75) is 92.2 Å². The number of carboxylic acids is 15. The maximum atomic E-state index is 10.3. The molecule has 0 aliphatic rings. The van der Waals surface area contributed by atoms with Crippen LogP contribution in [0.2, 0.25) is 0 Å². The van der Waals surface area contributed by atoms with E-state index in [2.05, 4.69) is 0 Å². The van der Waals surface area contributed by atoms with Gasteiger partial charge in [-0.1, -0.05) is 0 Å². The Labute approximate surface area is 419 Å². The third kappa shape index (κ3) is 38.1. The third-order valence-electron chi connectivity index (χ3n) is 6.30. The molecule has 0 radical (unpaired) electrons. The molecule has 0 aromatic carbocycles. The average Bonchev–Trinajstić information content (AvgIpc) is 3.01. The second kappa shape index (κ2) is 35.2. The summed E-state index contributed by atoms with van der Waals surface area (Å²) in [5.74, 6) is -29.0. The number of rotatable bonds is 25. The van der Waals surface area contributed by atoms with Gasteiger partial charge in [0.1, 0.15) is 22.4 Å². The van der Waals surface area contributed by atoms with Crippen LogP contribution in [0.3, 0.4) is 0 Å². The monoisotopic (exact) mass is 1090 g/mol. The van der Waals surface area contributed by atoms with Gasteiger partial charge in [-0.2, -0.15) is 0 Å². The van der Waals surface area contributed by atoms with Crippen LogP contribution in [0.1, 0.15) is 64.2 Å². The largest absolute Gasteiger partial charge is 4.00 e. The maximum Gasteiger partial charge on any atom is 4.00 e. The molecule has 8 N–H and O–H groups in total. The average molecular weight is 1090 g/mol. The molecule has 0 unspecified atom stereocenters. The molecule has 0 bridgehead atoms. The molecule has 0 aromatic heterocycles. The summed E-state index contributed by atoms with van der Waals surface area (Å²) in [5, 5.41) is 190. The van der Waals surface area contributed by atoms with Crippen molar-refractivity contribution in [1.82, 2.24) is 0 Å². The Bertz CT molecular complexity index is 1460. The molecule has 0 aromatic rings. The van der Waals surface area contributed by atoms with Crippen LogP contribution in [0.4, 0.5) is 0 Å². The molecule has 0 saturated heterocycles. The van der Waals surface area contributed by atoms with Crippen molar-refractivity contribution >= 4 is 89.5 Å². The molecule has 0 atom stereocenters. The van der Waals surface area contributed by atoms with E-state index >= 15 is 0 Å². The minimum Gasteiger partial charge on any atom is -0.550 e. The van der Waals surface area contributed by atoms with Crippen molar-refractivity contribution in [2.24, 2.45) is 0 Å². The second-order valence-corrected chi connectivity index (χ2v) is 12.1. The van der Waals surface area contributed by atoms with Crippen LogP contribution in [0.25, 0.3) is 0 Å². The van der Waals surface area contributed by atoms with Crippen molar-refractivity contribution in [3.63, 3.8) is 0 Å². The molecule has 0 heterocycles. The van der Waals surface area contributed by atoms with E-state index in [1.165, 1.54) is 0 Å². The van der Waals surface area contributed by atoms with Gasteiger partial charge < -0.3 is 160 Å². The standard InChI is InChI=1S/5C6H8O7.3Ti/c5*7-3(8)1-6(13,5(11)12)2-4(9)10;;;/h5*13H,1-2H2,(H,7,8)(H,9,10)(H,11,12);;;/q;;;;;3*+4/p-12. The van der Waals surface area contributed by atoms with Gasteiger partial charge in [-0.25, -0.2) is 4.79 Å². The summed E-state index contributed by atoms with van der Waals surface area (Å²) in [7, 11) is 0. The fourth-order valence-corrected chi connectivity index (χ4v) is 3.45. The molecule has 0 amide bonds. The van der Waals surface area contributed by atoms with Crippen LogP contribution in [0.15, 0.2) is 0 Å². The summed E-state index contributed by atoms with van der Waals surface area (Å²) in [4.78, 5) is 150. The predicted octanol–water partition coefficient (Wildman–Crippen LogP) is -22.3. The normalized spacial score (nSPS) is 10.4. The topological polar surface area (TPSA) is 695 Å². The van der Waals surface area contributed by atoms with Crippen molar-refractivity contribution < 1.29 is 239 Å². The smallest absolute Gasteiger partial charge is 0.550 e. The first-order chi connectivity index (χ1) is 28.9. The molecular formula is C30H28O35Ti3. The Hall–Kier alpha value is -6.01. The molecule has 0 aliphatic carbocycles. The number of hydrogen-bond donors (Lipinski definition) is 8. The van der Waals surface area contributed by atoms with Crippen molar-refractivity contribution in [2.75, 3.05) is 0 Å². The number of aliphatic carboxylic acids is 15. The Morgan fingerprint density at radius 3 is 0.426 bits per heavy atom. The van der Waals surface area contributed by atoms with Gasteiger partial charge in [0, 0.05) is 99.1 Å². The van der Waals surface area contributed by atoms with Crippen LogP contribution >= 0.6 is 0 Å². The molecule has 35 nitrogen and oxygen atoms in total. The third-order valence-corrected chi connectivity index (χ3v) is 6.30.